The summed E-state index contributed by atoms with van der Waals surface area (Å²) in [6.07, 6.45) is 1.29. The molecule has 0 heterocycles. The Labute approximate surface area is 75.4 Å². The topological polar surface area (TPSA) is 30.5 Å². The molecule has 3 heteroatoms. The predicted octanol–water partition coefficient (Wildman–Crippen LogP) is 1.04. The number of hydrogen-bond donors (Lipinski definition) is 1. The van der Waals surface area contributed by atoms with Crippen LogP contribution in [0.1, 0.15) is 20.3 Å². The molecule has 0 rings (SSSR count). The number of ether oxygens (including phenoxy) is 2. The van der Waals surface area contributed by atoms with Crippen molar-refractivity contribution in [3.8, 4) is 0 Å². The molecule has 0 aromatic rings. The van der Waals surface area contributed by atoms with E-state index >= 15 is 0 Å². The van der Waals surface area contributed by atoms with E-state index in [2.05, 4.69) is 12.2 Å². The van der Waals surface area contributed by atoms with Crippen LogP contribution in [0.25, 0.3) is 0 Å². The number of hydrogen-bond acceptors (Lipinski definition) is 3. The van der Waals surface area contributed by atoms with Crippen LogP contribution in [0.4, 0.5) is 0 Å². The van der Waals surface area contributed by atoms with Crippen LogP contribution in [-0.4, -0.2) is 39.5 Å². The van der Waals surface area contributed by atoms with Crippen LogP contribution in [0.2, 0.25) is 0 Å². The lowest BCUT2D eigenvalue weighted by Gasteiger charge is -2.12. The summed E-state index contributed by atoms with van der Waals surface area (Å²) in [7, 11) is 1.92. The summed E-state index contributed by atoms with van der Waals surface area (Å²) in [5, 5.41) is 3.02. The minimum atomic E-state index is 0.213. The van der Waals surface area contributed by atoms with E-state index in [0.717, 1.165) is 26.2 Å². The van der Waals surface area contributed by atoms with Gasteiger partial charge in [0.25, 0.3) is 0 Å². The van der Waals surface area contributed by atoms with E-state index in [4.69, 9.17) is 9.47 Å². The Balaban J connectivity index is 3.04. The summed E-state index contributed by atoms with van der Waals surface area (Å²) in [5.74, 6) is 0. The van der Waals surface area contributed by atoms with Gasteiger partial charge in [-0.1, -0.05) is 6.92 Å². The zero-order valence-corrected chi connectivity index (χ0v) is 8.43. The largest absolute Gasteiger partial charge is 0.379 e. The Morgan fingerprint density at radius 2 is 2.08 bits per heavy atom. The maximum atomic E-state index is 5.44. The van der Waals surface area contributed by atoms with Crippen LogP contribution in [0, 0.1) is 0 Å². The summed E-state index contributed by atoms with van der Waals surface area (Å²) >= 11 is 0. The van der Waals surface area contributed by atoms with Gasteiger partial charge in [-0.2, -0.15) is 0 Å². The Kier molecular flexibility index (Phi) is 8.88. The summed E-state index contributed by atoms with van der Waals surface area (Å²) in [4.78, 5) is 0. The maximum absolute atomic E-state index is 5.44. The van der Waals surface area contributed by atoms with E-state index in [1.54, 1.807) is 0 Å². The molecular formula is C9H21NO2. The lowest BCUT2D eigenvalue weighted by Crippen LogP contribution is -2.22. The van der Waals surface area contributed by atoms with Gasteiger partial charge in [0.1, 0.15) is 0 Å². The highest BCUT2D eigenvalue weighted by molar-refractivity contribution is 4.47. The zero-order valence-electron chi connectivity index (χ0n) is 8.43. The number of likely N-dealkylation sites (N-methyl/N-ethyl adjacent to an activating group) is 1. The molecule has 0 spiro atoms. The van der Waals surface area contributed by atoms with Gasteiger partial charge in [0.05, 0.1) is 19.3 Å². The number of nitrogens with one attached hydrogen (secondary N) is 1. The summed E-state index contributed by atoms with van der Waals surface area (Å²) in [6.45, 7) is 7.33. The Morgan fingerprint density at radius 1 is 1.33 bits per heavy atom. The first kappa shape index (κ1) is 11.9. The molecule has 1 atom stereocenters. The second kappa shape index (κ2) is 8.97. The smallest absolute Gasteiger partial charge is 0.0781 e. The molecule has 0 aromatic carbocycles. The second-order valence-electron chi connectivity index (χ2n) is 2.86. The molecule has 0 aliphatic heterocycles. The molecule has 0 aliphatic rings. The third-order valence-corrected chi connectivity index (χ3v) is 1.46. The Hall–Kier alpha value is -0.120. The van der Waals surface area contributed by atoms with Crippen molar-refractivity contribution in [2.75, 3.05) is 33.4 Å². The molecule has 0 fully saturated rings. The third kappa shape index (κ3) is 7.98. The van der Waals surface area contributed by atoms with Crippen LogP contribution in [0.5, 0.6) is 0 Å². The van der Waals surface area contributed by atoms with Crippen molar-refractivity contribution in [3.05, 3.63) is 0 Å². The van der Waals surface area contributed by atoms with Crippen molar-refractivity contribution in [1.82, 2.24) is 5.32 Å². The summed E-state index contributed by atoms with van der Waals surface area (Å²) in [6, 6.07) is 0. The molecule has 74 valence electrons. The van der Waals surface area contributed by atoms with Gasteiger partial charge in [-0.3, -0.25) is 0 Å². The summed E-state index contributed by atoms with van der Waals surface area (Å²) < 4.78 is 10.8. The predicted molar refractivity (Wildman–Crippen MR) is 50.5 cm³/mol. The average Bonchev–Trinajstić information content (AvgIpc) is 2.06. The lowest BCUT2D eigenvalue weighted by molar-refractivity contribution is -0.00471. The minimum absolute atomic E-state index is 0.213. The molecule has 12 heavy (non-hydrogen) atoms. The van der Waals surface area contributed by atoms with Crippen LogP contribution in [0.3, 0.4) is 0 Å². The van der Waals surface area contributed by atoms with Crippen molar-refractivity contribution < 1.29 is 9.47 Å². The molecular weight excluding hydrogens is 154 g/mol. The first-order valence-corrected chi connectivity index (χ1v) is 4.65. The van der Waals surface area contributed by atoms with Gasteiger partial charge < -0.3 is 14.8 Å². The standard InChI is InChI=1S/C9H21NO2/c1-4-6-11-8-9(2)12-7-5-10-3/h9-10H,4-8H2,1-3H3. The SMILES string of the molecule is CCCOCC(C)OCCNC. The van der Waals surface area contributed by atoms with Gasteiger partial charge in [-0.25, -0.2) is 0 Å². The zero-order chi connectivity index (χ0) is 9.23. The quantitative estimate of drug-likeness (QED) is 0.559. The van der Waals surface area contributed by atoms with E-state index < -0.39 is 0 Å². The molecule has 1 unspecified atom stereocenters. The van der Waals surface area contributed by atoms with Crippen molar-refractivity contribution >= 4 is 0 Å². The van der Waals surface area contributed by atoms with Crippen LogP contribution >= 0.6 is 0 Å². The molecule has 0 saturated carbocycles. The molecule has 0 radical (unpaired) electrons. The van der Waals surface area contributed by atoms with Crippen molar-refractivity contribution in [1.29, 1.82) is 0 Å². The van der Waals surface area contributed by atoms with Crippen molar-refractivity contribution in [2.24, 2.45) is 0 Å². The third-order valence-electron chi connectivity index (χ3n) is 1.46. The highest BCUT2D eigenvalue weighted by Crippen LogP contribution is 1.91. The van der Waals surface area contributed by atoms with E-state index in [1.165, 1.54) is 0 Å². The molecule has 3 nitrogen and oxygen atoms in total. The molecule has 0 aromatic heterocycles. The van der Waals surface area contributed by atoms with Crippen LogP contribution in [0.15, 0.2) is 0 Å². The lowest BCUT2D eigenvalue weighted by atomic mass is 10.4. The second-order valence-corrected chi connectivity index (χ2v) is 2.86. The van der Waals surface area contributed by atoms with Gasteiger partial charge in [-0.15, -0.1) is 0 Å². The number of rotatable bonds is 8. The molecule has 0 aliphatic carbocycles. The maximum Gasteiger partial charge on any atom is 0.0781 e. The fraction of sp³-hybridized carbons (Fsp3) is 1.00. The van der Waals surface area contributed by atoms with E-state index in [9.17, 15) is 0 Å². The van der Waals surface area contributed by atoms with Crippen LogP contribution < -0.4 is 5.32 Å². The highest BCUT2D eigenvalue weighted by atomic mass is 16.5. The van der Waals surface area contributed by atoms with E-state index in [-0.39, 0.29) is 6.10 Å². The normalized spacial score (nSPS) is 13.2. The van der Waals surface area contributed by atoms with Crippen LogP contribution in [-0.2, 0) is 9.47 Å². The average molecular weight is 175 g/mol. The summed E-state index contributed by atoms with van der Waals surface area (Å²) in [5.41, 5.74) is 0. The fourth-order valence-electron chi connectivity index (χ4n) is 0.804. The Morgan fingerprint density at radius 3 is 2.67 bits per heavy atom. The highest BCUT2D eigenvalue weighted by Gasteiger charge is 2.00. The molecule has 1 N–H and O–H groups in total. The monoisotopic (exact) mass is 175 g/mol. The van der Waals surface area contributed by atoms with Crippen molar-refractivity contribution in [3.63, 3.8) is 0 Å². The van der Waals surface area contributed by atoms with E-state index in [1.807, 2.05) is 14.0 Å². The van der Waals surface area contributed by atoms with Crippen molar-refractivity contribution in [2.45, 2.75) is 26.4 Å². The Bertz CT molecular complexity index is 78.6. The minimum Gasteiger partial charge on any atom is -0.379 e. The molecule has 0 saturated heterocycles. The van der Waals surface area contributed by atoms with E-state index in [0.29, 0.717) is 6.61 Å². The fourth-order valence-corrected chi connectivity index (χ4v) is 0.804. The first-order chi connectivity index (χ1) is 5.81. The molecule has 0 amide bonds. The van der Waals surface area contributed by atoms with Gasteiger partial charge in [0.2, 0.25) is 0 Å². The van der Waals surface area contributed by atoms with Gasteiger partial charge >= 0.3 is 0 Å². The van der Waals surface area contributed by atoms with Gasteiger partial charge in [0, 0.05) is 13.2 Å². The first-order valence-electron chi connectivity index (χ1n) is 4.65. The molecule has 0 bridgehead atoms. The van der Waals surface area contributed by atoms with Gasteiger partial charge in [0.15, 0.2) is 0 Å². The van der Waals surface area contributed by atoms with Gasteiger partial charge in [-0.05, 0) is 20.4 Å².